The van der Waals surface area contributed by atoms with E-state index in [2.05, 4.69) is 16.1 Å². The second kappa shape index (κ2) is 5.10. The molecule has 1 atom stereocenters. The minimum atomic E-state index is -0.264. The van der Waals surface area contributed by atoms with Crippen LogP contribution in [-0.4, -0.2) is 47.0 Å². The molecule has 1 aromatic heterocycles. The second-order valence-electron chi connectivity index (χ2n) is 3.99. The van der Waals surface area contributed by atoms with Crippen molar-refractivity contribution < 1.29 is 4.74 Å². The average molecular weight is 220 g/mol. The van der Waals surface area contributed by atoms with E-state index in [0.717, 1.165) is 19.5 Å². The van der Waals surface area contributed by atoms with Crippen LogP contribution in [0.4, 0.5) is 0 Å². The monoisotopic (exact) mass is 220 g/mol. The van der Waals surface area contributed by atoms with Gasteiger partial charge in [0.2, 0.25) is 0 Å². The van der Waals surface area contributed by atoms with E-state index in [4.69, 9.17) is 10.00 Å². The van der Waals surface area contributed by atoms with Crippen LogP contribution >= 0.6 is 0 Å². The standard InChI is InChI=1S/C11H16N4O/c1-14-10(2-4-13-14)3-5-15-6-7-16-11(8-12)9-15/h2,4,11H,3,5-7,9H2,1H3. The highest BCUT2D eigenvalue weighted by molar-refractivity contribution is 5.00. The normalized spacial score (nSPS) is 21.9. The third-order valence-electron chi connectivity index (χ3n) is 2.90. The highest BCUT2D eigenvalue weighted by atomic mass is 16.5. The van der Waals surface area contributed by atoms with Crippen LogP contribution < -0.4 is 0 Å². The van der Waals surface area contributed by atoms with Crippen molar-refractivity contribution in [2.75, 3.05) is 26.2 Å². The molecule has 0 spiro atoms. The summed E-state index contributed by atoms with van der Waals surface area (Å²) in [5.41, 5.74) is 1.22. The molecule has 0 radical (unpaired) electrons. The van der Waals surface area contributed by atoms with E-state index in [0.29, 0.717) is 13.2 Å². The molecule has 2 heterocycles. The van der Waals surface area contributed by atoms with E-state index in [9.17, 15) is 0 Å². The largest absolute Gasteiger partial charge is 0.361 e. The van der Waals surface area contributed by atoms with Crippen LogP contribution in [-0.2, 0) is 18.2 Å². The maximum absolute atomic E-state index is 8.79. The van der Waals surface area contributed by atoms with Gasteiger partial charge in [0.05, 0.1) is 12.7 Å². The van der Waals surface area contributed by atoms with Crippen molar-refractivity contribution in [2.45, 2.75) is 12.5 Å². The molecule has 0 N–H and O–H groups in total. The van der Waals surface area contributed by atoms with Gasteiger partial charge in [0.1, 0.15) is 0 Å². The molecule has 1 aliphatic rings. The molecule has 2 rings (SSSR count). The molecule has 0 amide bonds. The summed E-state index contributed by atoms with van der Waals surface area (Å²) in [6.45, 7) is 3.25. The van der Waals surface area contributed by atoms with Crippen LogP contribution in [0.5, 0.6) is 0 Å². The molecule has 1 saturated heterocycles. The summed E-state index contributed by atoms with van der Waals surface area (Å²) >= 11 is 0. The van der Waals surface area contributed by atoms with Crippen molar-refractivity contribution in [2.24, 2.45) is 7.05 Å². The Hall–Kier alpha value is -1.38. The van der Waals surface area contributed by atoms with E-state index in [1.165, 1.54) is 5.69 Å². The zero-order valence-electron chi connectivity index (χ0n) is 9.46. The fraction of sp³-hybridized carbons (Fsp3) is 0.636. The Labute approximate surface area is 95.2 Å². The molecule has 16 heavy (non-hydrogen) atoms. The maximum Gasteiger partial charge on any atom is 0.156 e. The molecule has 5 nitrogen and oxygen atoms in total. The molecule has 0 saturated carbocycles. The lowest BCUT2D eigenvalue weighted by atomic mass is 10.2. The van der Waals surface area contributed by atoms with Crippen molar-refractivity contribution in [1.29, 1.82) is 5.26 Å². The molecular formula is C11H16N4O. The molecule has 0 aromatic carbocycles. The Kier molecular flexibility index (Phi) is 3.54. The lowest BCUT2D eigenvalue weighted by molar-refractivity contribution is 0.000903. The summed E-state index contributed by atoms with van der Waals surface area (Å²) in [7, 11) is 1.95. The molecular weight excluding hydrogens is 204 g/mol. The number of rotatable bonds is 3. The summed E-state index contributed by atoms with van der Waals surface area (Å²) in [5, 5.41) is 12.9. The Morgan fingerprint density at radius 2 is 2.56 bits per heavy atom. The molecule has 1 fully saturated rings. The van der Waals surface area contributed by atoms with Gasteiger partial charge in [-0.15, -0.1) is 0 Å². The van der Waals surface area contributed by atoms with Crippen LogP contribution in [0, 0.1) is 11.3 Å². The fourth-order valence-corrected chi connectivity index (χ4v) is 1.90. The Morgan fingerprint density at radius 1 is 1.69 bits per heavy atom. The third-order valence-corrected chi connectivity index (χ3v) is 2.90. The Balaban J connectivity index is 1.82. The summed E-state index contributed by atoms with van der Waals surface area (Å²) in [4.78, 5) is 2.27. The van der Waals surface area contributed by atoms with E-state index in [1.54, 1.807) is 0 Å². The van der Waals surface area contributed by atoms with Crippen molar-refractivity contribution in [3.8, 4) is 6.07 Å². The van der Waals surface area contributed by atoms with Gasteiger partial charge < -0.3 is 4.74 Å². The first kappa shape index (κ1) is 11.1. The number of ether oxygens (including phenoxy) is 1. The molecule has 1 unspecified atom stereocenters. The average Bonchev–Trinajstić information content (AvgIpc) is 2.72. The minimum absolute atomic E-state index is 0.264. The number of nitrogens with zero attached hydrogens (tertiary/aromatic N) is 4. The second-order valence-corrected chi connectivity index (χ2v) is 3.99. The number of hydrogen-bond donors (Lipinski definition) is 0. The highest BCUT2D eigenvalue weighted by Gasteiger charge is 2.19. The zero-order valence-corrected chi connectivity index (χ0v) is 9.46. The van der Waals surface area contributed by atoms with Crippen LogP contribution in [0.2, 0.25) is 0 Å². The molecule has 1 aliphatic heterocycles. The highest BCUT2D eigenvalue weighted by Crippen LogP contribution is 2.06. The topological polar surface area (TPSA) is 54.1 Å². The fourth-order valence-electron chi connectivity index (χ4n) is 1.90. The first-order valence-electron chi connectivity index (χ1n) is 5.50. The van der Waals surface area contributed by atoms with Crippen molar-refractivity contribution in [3.05, 3.63) is 18.0 Å². The zero-order chi connectivity index (χ0) is 11.4. The molecule has 86 valence electrons. The van der Waals surface area contributed by atoms with Gasteiger partial charge >= 0.3 is 0 Å². The molecule has 0 bridgehead atoms. The quantitative estimate of drug-likeness (QED) is 0.729. The summed E-state index contributed by atoms with van der Waals surface area (Å²) < 4.78 is 7.19. The Bertz CT molecular complexity index is 382. The van der Waals surface area contributed by atoms with Crippen LogP contribution in [0.15, 0.2) is 12.3 Å². The van der Waals surface area contributed by atoms with Crippen LogP contribution in [0.1, 0.15) is 5.69 Å². The number of hydrogen-bond acceptors (Lipinski definition) is 4. The predicted octanol–water partition coefficient (Wildman–Crippen LogP) is 0.187. The maximum atomic E-state index is 8.79. The smallest absolute Gasteiger partial charge is 0.156 e. The van der Waals surface area contributed by atoms with Gasteiger partial charge in [0.25, 0.3) is 0 Å². The first-order valence-corrected chi connectivity index (χ1v) is 5.50. The van der Waals surface area contributed by atoms with Crippen LogP contribution in [0.25, 0.3) is 0 Å². The lowest BCUT2D eigenvalue weighted by Crippen LogP contribution is -2.42. The number of nitriles is 1. The van der Waals surface area contributed by atoms with Gasteiger partial charge in [-0.05, 0) is 6.07 Å². The van der Waals surface area contributed by atoms with Gasteiger partial charge in [-0.3, -0.25) is 9.58 Å². The van der Waals surface area contributed by atoms with Gasteiger partial charge in [-0.1, -0.05) is 0 Å². The van der Waals surface area contributed by atoms with Crippen LogP contribution in [0.3, 0.4) is 0 Å². The van der Waals surface area contributed by atoms with E-state index >= 15 is 0 Å². The summed E-state index contributed by atoms with van der Waals surface area (Å²) in [6, 6.07) is 4.19. The van der Waals surface area contributed by atoms with Gasteiger partial charge in [0, 0.05) is 45.0 Å². The number of aromatic nitrogens is 2. The number of morpholine rings is 1. The van der Waals surface area contributed by atoms with E-state index < -0.39 is 0 Å². The number of aryl methyl sites for hydroxylation is 1. The molecule has 1 aromatic rings. The lowest BCUT2D eigenvalue weighted by Gasteiger charge is -2.29. The van der Waals surface area contributed by atoms with Crippen molar-refractivity contribution in [3.63, 3.8) is 0 Å². The van der Waals surface area contributed by atoms with E-state index in [-0.39, 0.29) is 6.10 Å². The van der Waals surface area contributed by atoms with Gasteiger partial charge in [-0.2, -0.15) is 10.4 Å². The molecule has 0 aliphatic carbocycles. The van der Waals surface area contributed by atoms with Crippen molar-refractivity contribution in [1.82, 2.24) is 14.7 Å². The predicted molar refractivity (Wildman–Crippen MR) is 58.7 cm³/mol. The van der Waals surface area contributed by atoms with E-state index in [1.807, 2.05) is 24.0 Å². The molecule has 5 heteroatoms. The van der Waals surface area contributed by atoms with Gasteiger partial charge in [0.15, 0.2) is 6.10 Å². The SMILES string of the molecule is Cn1nccc1CCN1CCOC(C#N)C1. The van der Waals surface area contributed by atoms with Crippen molar-refractivity contribution >= 4 is 0 Å². The Morgan fingerprint density at radius 3 is 3.25 bits per heavy atom. The summed E-state index contributed by atoms with van der Waals surface area (Å²) in [6.07, 6.45) is 2.52. The van der Waals surface area contributed by atoms with Gasteiger partial charge in [-0.25, -0.2) is 0 Å². The minimum Gasteiger partial charge on any atom is -0.361 e. The first-order chi connectivity index (χ1) is 7.79. The third kappa shape index (κ3) is 2.60. The summed E-state index contributed by atoms with van der Waals surface area (Å²) in [5.74, 6) is 0.